The minimum absolute atomic E-state index is 0.0706. The van der Waals surface area contributed by atoms with Gasteiger partial charge in [-0.3, -0.25) is 9.48 Å². The Hall–Kier alpha value is -3.30. The predicted molar refractivity (Wildman–Crippen MR) is 113 cm³/mol. The number of benzene rings is 1. The van der Waals surface area contributed by atoms with Crippen LogP contribution in [-0.2, 0) is 13.6 Å². The number of carbonyl (C=O) groups is 1. The van der Waals surface area contributed by atoms with Crippen LogP contribution in [0, 0.1) is 20.8 Å². The molecular formula is C22H25F3N6O. The Morgan fingerprint density at radius 3 is 2.50 bits per heavy atom. The van der Waals surface area contributed by atoms with Crippen molar-refractivity contribution in [2.75, 3.05) is 5.32 Å². The van der Waals surface area contributed by atoms with E-state index in [0.29, 0.717) is 0 Å². The molecule has 0 aliphatic carbocycles. The van der Waals surface area contributed by atoms with Gasteiger partial charge in [0.15, 0.2) is 6.04 Å². The number of nitrogens with one attached hydrogen (secondary N) is 2. The lowest BCUT2D eigenvalue weighted by molar-refractivity contribution is -0.173. The van der Waals surface area contributed by atoms with Crippen molar-refractivity contribution in [1.82, 2.24) is 24.9 Å². The maximum Gasteiger partial charge on any atom is 0.410 e. The van der Waals surface area contributed by atoms with E-state index in [1.807, 2.05) is 40.0 Å². The van der Waals surface area contributed by atoms with E-state index in [2.05, 4.69) is 20.8 Å². The highest BCUT2D eigenvalue weighted by Gasteiger charge is 2.47. The van der Waals surface area contributed by atoms with Crippen LogP contribution in [0.1, 0.15) is 56.9 Å². The van der Waals surface area contributed by atoms with Crippen molar-refractivity contribution in [2.45, 2.75) is 52.0 Å². The molecule has 10 heteroatoms. The number of anilines is 1. The summed E-state index contributed by atoms with van der Waals surface area (Å²) in [4.78, 5) is 12.9. The second-order valence-corrected chi connectivity index (χ2v) is 8.21. The molecule has 0 bridgehead atoms. The molecule has 2 N–H and O–H groups in total. The molecule has 1 aromatic carbocycles. The molecule has 0 saturated carbocycles. The molecule has 3 aromatic rings. The Bertz CT molecular complexity index is 1150. The van der Waals surface area contributed by atoms with Crippen molar-refractivity contribution in [3.05, 3.63) is 64.1 Å². The predicted octanol–water partition coefficient (Wildman–Crippen LogP) is 4.13. The van der Waals surface area contributed by atoms with Crippen LogP contribution in [0.3, 0.4) is 0 Å². The van der Waals surface area contributed by atoms with Crippen molar-refractivity contribution in [1.29, 1.82) is 0 Å². The Morgan fingerprint density at radius 1 is 1.22 bits per heavy atom. The molecule has 1 aliphatic heterocycles. The molecule has 1 amide bonds. The van der Waals surface area contributed by atoms with E-state index in [1.165, 1.54) is 6.20 Å². The molecule has 0 spiro atoms. The van der Waals surface area contributed by atoms with Gasteiger partial charge < -0.3 is 10.6 Å². The fourth-order valence-electron chi connectivity index (χ4n) is 4.08. The summed E-state index contributed by atoms with van der Waals surface area (Å²) in [6.07, 6.45) is -3.52. The third-order valence-corrected chi connectivity index (χ3v) is 6.05. The third kappa shape index (κ3) is 3.96. The number of fused-ring (bicyclic) bond motifs is 1. The molecule has 4 rings (SSSR count). The van der Waals surface area contributed by atoms with E-state index in [-0.39, 0.29) is 24.3 Å². The van der Waals surface area contributed by atoms with Crippen LogP contribution >= 0.6 is 0 Å². The van der Waals surface area contributed by atoms with Gasteiger partial charge in [-0.15, -0.1) is 0 Å². The SMILES string of the molecule is Cc1ccc([C@H]2C[C@H](C(F)(F)F)n3ncc(C(=O)NCc4c(C)nn(C)c4C)c3N2)cc1. The summed E-state index contributed by atoms with van der Waals surface area (Å²) in [6, 6.07) is 4.91. The first kappa shape index (κ1) is 21.9. The molecule has 3 heterocycles. The Labute approximate surface area is 183 Å². The number of hydrogen-bond acceptors (Lipinski definition) is 4. The van der Waals surface area contributed by atoms with Crippen LogP contribution in [0.2, 0.25) is 0 Å². The molecule has 1 aliphatic rings. The molecule has 0 unspecified atom stereocenters. The number of hydrogen-bond donors (Lipinski definition) is 2. The van der Waals surface area contributed by atoms with Crippen LogP contribution in [0.25, 0.3) is 0 Å². The molecule has 170 valence electrons. The maximum absolute atomic E-state index is 13.8. The van der Waals surface area contributed by atoms with Crippen LogP contribution in [-0.4, -0.2) is 31.6 Å². The zero-order chi connectivity index (χ0) is 23.2. The van der Waals surface area contributed by atoms with Gasteiger partial charge in [-0.1, -0.05) is 29.8 Å². The van der Waals surface area contributed by atoms with Crippen LogP contribution in [0.5, 0.6) is 0 Å². The van der Waals surface area contributed by atoms with Crippen molar-refractivity contribution in [3.63, 3.8) is 0 Å². The Balaban J connectivity index is 1.63. The summed E-state index contributed by atoms with van der Waals surface area (Å²) >= 11 is 0. The molecule has 0 saturated heterocycles. The lowest BCUT2D eigenvalue weighted by Gasteiger charge is -2.34. The molecule has 7 nitrogen and oxygen atoms in total. The van der Waals surface area contributed by atoms with Crippen LogP contribution in [0.15, 0.2) is 30.5 Å². The van der Waals surface area contributed by atoms with E-state index in [9.17, 15) is 18.0 Å². The summed E-state index contributed by atoms with van der Waals surface area (Å²) in [5, 5.41) is 14.1. The van der Waals surface area contributed by atoms with Gasteiger partial charge in [0, 0.05) is 31.3 Å². The Kier molecular flexibility index (Phi) is 5.47. The van der Waals surface area contributed by atoms with Crippen LogP contribution in [0.4, 0.5) is 19.0 Å². The molecule has 32 heavy (non-hydrogen) atoms. The summed E-state index contributed by atoms with van der Waals surface area (Å²) in [5.74, 6) is -0.423. The first-order valence-corrected chi connectivity index (χ1v) is 10.3. The fraction of sp³-hybridized carbons (Fsp3) is 0.409. The van der Waals surface area contributed by atoms with Gasteiger partial charge in [-0.05, 0) is 26.3 Å². The van der Waals surface area contributed by atoms with E-state index in [4.69, 9.17) is 0 Å². The average Bonchev–Trinajstić information content (AvgIpc) is 3.26. The quantitative estimate of drug-likeness (QED) is 0.632. The van der Waals surface area contributed by atoms with E-state index in [1.54, 1.807) is 16.8 Å². The summed E-state index contributed by atoms with van der Waals surface area (Å²) in [5.41, 5.74) is 4.40. The smallest absolute Gasteiger partial charge is 0.363 e. The molecule has 2 atom stereocenters. The van der Waals surface area contributed by atoms with Crippen LogP contribution < -0.4 is 10.6 Å². The average molecular weight is 446 g/mol. The zero-order valence-electron chi connectivity index (χ0n) is 18.3. The minimum atomic E-state index is -4.50. The number of carbonyl (C=O) groups excluding carboxylic acids is 1. The number of amides is 1. The number of halogens is 3. The van der Waals surface area contributed by atoms with E-state index >= 15 is 0 Å². The molecule has 0 radical (unpaired) electrons. The highest BCUT2D eigenvalue weighted by atomic mass is 19.4. The first-order valence-electron chi connectivity index (χ1n) is 10.3. The third-order valence-electron chi connectivity index (χ3n) is 6.05. The monoisotopic (exact) mass is 446 g/mol. The summed E-state index contributed by atoms with van der Waals surface area (Å²) < 4.78 is 44.1. The van der Waals surface area contributed by atoms with Gasteiger partial charge in [-0.2, -0.15) is 23.4 Å². The number of rotatable bonds is 4. The molecule has 2 aromatic heterocycles. The van der Waals surface area contributed by atoms with Gasteiger partial charge in [0.25, 0.3) is 5.91 Å². The number of alkyl halides is 3. The molecule has 0 fully saturated rings. The number of aromatic nitrogens is 4. The molecular weight excluding hydrogens is 421 g/mol. The highest BCUT2D eigenvalue weighted by molar-refractivity contribution is 5.98. The van der Waals surface area contributed by atoms with Crippen molar-refractivity contribution < 1.29 is 18.0 Å². The van der Waals surface area contributed by atoms with Crippen molar-refractivity contribution >= 4 is 11.7 Å². The normalized spacial score (nSPS) is 18.2. The Morgan fingerprint density at radius 2 is 1.91 bits per heavy atom. The topological polar surface area (TPSA) is 76.8 Å². The lowest BCUT2D eigenvalue weighted by atomic mass is 9.96. The zero-order valence-corrected chi connectivity index (χ0v) is 18.3. The second-order valence-electron chi connectivity index (χ2n) is 8.21. The standard InChI is InChI=1S/C22H25F3N6O/c1-12-5-7-15(8-6-12)18-9-19(22(23,24)25)31-20(28-18)17(11-27-31)21(32)26-10-16-13(2)29-30(4)14(16)3/h5-8,11,18-19,28H,9-10H2,1-4H3,(H,26,32)/t18-,19-/m1/s1. The van der Waals surface area contributed by atoms with Crippen molar-refractivity contribution in [2.24, 2.45) is 7.05 Å². The van der Waals surface area contributed by atoms with Gasteiger partial charge in [0.2, 0.25) is 0 Å². The number of aryl methyl sites for hydroxylation is 3. The first-order chi connectivity index (χ1) is 15.1. The fourth-order valence-corrected chi connectivity index (χ4v) is 4.08. The maximum atomic E-state index is 13.8. The van der Waals surface area contributed by atoms with Gasteiger partial charge in [-0.25, -0.2) is 4.68 Å². The lowest BCUT2D eigenvalue weighted by Crippen LogP contribution is -2.36. The summed E-state index contributed by atoms with van der Waals surface area (Å²) in [7, 11) is 1.81. The van der Waals surface area contributed by atoms with Gasteiger partial charge in [0.05, 0.1) is 17.9 Å². The second kappa shape index (κ2) is 7.99. The summed E-state index contributed by atoms with van der Waals surface area (Å²) in [6.45, 7) is 5.88. The van der Waals surface area contributed by atoms with E-state index in [0.717, 1.165) is 32.8 Å². The highest BCUT2D eigenvalue weighted by Crippen LogP contribution is 2.44. The minimum Gasteiger partial charge on any atom is -0.363 e. The number of nitrogens with zero attached hydrogens (tertiary/aromatic N) is 4. The van der Waals surface area contributed by atoms with Gasteiger partial charge in [0.1, 0.15) is 11.4 Å². The van der Waals surface area contributed by atoms with Crippen molar-refractivity contribution in [3.8, 4) is 0 Å². The largest absolute Gasteiger partial charge is 0.410 e. The van der Waals surface area contributed by atoms with Gasteiger partial charge >= 0.3 is 6.18 Å². The van der Waals surface area contributed by atoms with E-state index < -0.39 is 24.2 Å².